The van der Waals surface area contributed by atoms with Gasteiger partial charge in [-0.3, -0.25) is 0 Å². The molecule has 0 unspecified atom stereocenters. The maximum absolute atomic E-state index is 12.7. The highest BCUT2D eigenvalue weighted by Crippen LogP contribution is 2.18. The van der Waals surface area contributed by atoms with Gasteiger partial charge < -0.3 is 10.4 Å². The van der Waals surface area contributed by atoms with Crippen molar-refractivity contribution < 1.29 is 13.9 Å². The maximum atomic E-state index is 12.7. The van der Waals surface area contributed by atoms with Crippen LogP contribution in [0.15, 0.2) is 16.7 Å². The molecule has 0 aliphatic heterocycles. The van der Waals surface area contributed by atoms with Gasteiger partial charge in [-0.2, -0.15) is 0 Å². The Kier molecular flexibility index (Phi) is 3.98. The van der Waals surface area contributed by atoms with E-state index in [0.29, 0.717) is 5.82 Å². The summed E-state index contributed by atoms with van der Waals surface area (Å²) in [5.41, 5.74) is 0.903. The average molecular weight is 281 g/mol. The fraction of sp³-hybridized carbons (Fsp3) is 0.444. The highest BCUT2D eigenvalue weighted by atomic mass is 79.9. The molecule has 0 aliphatic rings. The lowest BCUT2D eigenvalue weighted by Crippen LogP contribution is -2.31. The third kappa shape index (κ3) is 3.71. The zero-order chi connectivity index (χ0) is 11.5. The summed E-state index contributed by atoms with van der Waals surface area (Å²) in [4.78, 5) is 3.90. The molecule has 0 aromatic carbocycles. The predicted octanol–water partition coefficient (Wildman–Crippen LogP) is 2.19. The lowest BCUT2D eigenvalue weighted by Gasteiger charge is -2.14. The standard InChI is InChI=1S/C9H11BrF2N2O/c1-6-2-8(13-3-7(6)10)14-4-9(11,12)5-15/h2-3,15H,4-5H2,1H3,(H,13,14). The number of aryl methyl sites for hydroxylation is 1. The fourth-order valence-corrected chi connectivity index (χ4v) is 1.13. The number of hydrogen-bond donors (Lipinski definition) is 2. The van der Waals surface area contributed by atoms with Crippen LogP contribution in [0, 0.1) is 6.92 Å². The van der Waals surface area contributed by atoms with Crippen LogP contribution in [0.1, 0.15) is 5.56 Å². The minimum Gasteiger partial charge on any atom is -0.390 e. The third-order valence-electron chi connectivity index (χ3n) is 1.81. The zero-order valence-electron chi connectivity index (χ0n) is 8.10. The molecule has 0 amide bonds. The molecule has 1 aromatic rings. The molecule has 2 N–H and O–H groups in total. The van der Waals surface area contributed by atoms with E-state index in [1.807, 2.05) is 6.92 Å². The van der Waals surface area contributed by atoms with E-state index in [-0.39, 0.29) is 0 Å². The molecule has 0 radical (unpaired) electrons. The van der Waals surface area contributed by atoms with Crippen molar-refractivity contribution in [1.29, 1.82) is 0 Å². The number of nitrogens with zero attached hydrogens (tertiary/aromatic N) is 1. The average Bonchev–Trinajstić information content (AvgIpc) is 2.20. The van der Waals surface area contributed by atoms with Gasteiger partial charge in [0.1, 0.15) is 12.4 Å². The normalized spacial score (nSPS) is 11.5. The number of aliphatic hydroxyl groups excluding tert-OH is 1. The zero-order valence-corrected chi connectivity index (χ0v) is 9.68. The first kappa shape index (κ1) is 12.3. The number of rotatable bonds is 4. The van der Waals surface area contributed by atoms with Crippen LogP contribution in [0.25, 0.3) is 0 Å². The second kappa shape index (κ2) is 4.85. The molecule has 0 saturated carbocycles. The van der Waals surface area contributed by atoms with Crippen molar-refractivity contribution in [3.8, 4) is 0 Å². The summed E-state index contributed by atoms with van der Waals surface area (Å²) in [5, 5.41) is 10.8. The minimum atomic E-state index is -3.12. The van der Waals surface area contributed by atoms with Crippen LogP contribution < -0.4 is 5.32 Å². The van der Waals surface area contributed by atoms with Crippen molar-refractivity contribution in [2.24, 2.45) is 0 Å². The molecule has 84 valence electrons. The lowest BCUT2D eigenvalue weighted by atomic mass is 10.3. The quantitative estimate of drug-likeness (QED) is 0.889. The predicted molar refractivity (Wildman–Crippen MR) is 57.2 cm³/mol. The Balaban J connectivity index is 2.62. The molecule has 0 fully saturated rings. The van der Waals surface area contributed by atoms with Gasteiger partial charge in [0.15, 0.2) is 0 Å². The Bertz CT molecular complexity index is 347. The van der Waals surface area contributed by atoms with E-state index in [2.05, 4.69) is 26.2 Å². The van der Waals surface area contributed by atoms with Crippen molar-refractivity contribution in [2.45, 2.75) is 12.8 Å². The van der Waals surface area contributed by atoms with Crippen molar-refractivity contribution in [3.63, 3.8) is 0 Å². The molecule has 15 heavy (non-hydrogen) atoms. The van der Waals surface area contributed by atoms with Crippen LogP contribution in [-0.2, 0) is 0 Å². The Morgan fingerprint density at radius 2 is 2.27 bits per heavy atom. The van der Waals surface area contributed by atoms with Crippen LogP contribution in [0.3, 0.4) is 0 Å². The number of alkyl halides is 2. The molecule has 6 heteroatoms. The van der Waals surface area contributed by atoms with Crippen molar-refractivity contribution in [3.05, 3.63) is 22.3 Å². The largest absolute Gasteiger partial charge is 0.390 e. The Morgan fingerprint density at radius 1 is 1.60 bits per heavy atom. The molecule has 0 spiro atoms. The van der Waals surface area contributed by atoms with E-state index >= 15 is 0 Å². The van der Waals surface area contributed by atoms with Gasteiger partial charge in [0, 0.05) is 10.7 Å². The van der Waals surface area contributed by atoms with Gasteiger partial charge in [-0.05, 0) is 34.5 Å². The first-order valence-electron chi connectivity index (χ1n) is 4.29. The van der Waals surface area contributed by atoms with E-state index < -0.39 is 19.1 Å². The number of aromatic nitrogens is 1. The minimum absolute atomic E-state index is 0.365. The Hall–Kier alpha value is -0.750. The molecule has 1 heterocycles. The summed E-state index contributed by atoms with van der Waals surface area (Å²) in [6.45, 7) is 0.0359. The van der Waals surface area contributed by atoms with Crippen molar-refractivity contribution >= 4 is 21.7 Å². The summed E-state index contributed by atoms with van der Waals surface area (Å²) >= 11 is 3.26. The molecular weight excluding hydrogens is 270 g/mol. The van der Waals surface area contributed by atoms with Crippen LogP contribution >= 0.6 is 15.9 Å². The fourth-order valence-electron chi connectivity index (χ4n) is 0.912. The Labute approximate surface area is 94.7 Å². The van der Waals surface area contributed by atoms with Crippen LogP contribution in [0.5, 0.6) is 0 Å². The Morgan fingerprint density at radius 3 is 2.80 bits per heavy atom. The molecular formula is C9H11BrF2N2O. The van der Waals surface area contributed by atoms with E-state index in [4.69, 9.17) is 5.11 Å². The van der Waals surface area contributed by atoms with Crippen LogP contribution in [0.4, 0.5) is 14.6 Å². The number of nitrogens with one attached hydrogen (secondary N) is 1. The highest BCUT2D eigenvalue weighted by Gasteiger charge is 2.27. The van der Waals surface area contributed by atoms with Crippen LogP contribution in [0.2, 0.25) is 0 Å². The molecule has 0 aliphatic carbocycles. The second-order valence-electron chi connectivity index (χ2n) is 3.19. The lowest BCUT2D eigenvalue weighted by molar-refractivity contribution is -0.0373. The molecule has 3 nitrogen and oxygen atoms in total. The summed E-state index contributed by atoms with van der Waals surface area (Å²) in [6.07, 6.45) is 1.54. The molecule has 0 atom stereocenters. The van der Waals surface area contributed by atoms with Gasteiger partial charge in [-0.15, -0.1) is 0 Å². The number of hydrogen-bond acceptors (Lipinski definition) is 3. The molecule has 0 bridgehead atoms. The second-order valence-corrected chi connectivity index (χ2v) is 4.04. The summed E-state index contributed by atoms with van der Waals surface area (Å²) in [5.74, 6) is -2.76. The number of anilines is 1. The molecule has 0 saturated heterocycles. The smallest absolute Gasteiger partial charge is 0.287 e. The van der Waals surface area contributed by atoms with Crippen LogP contribution in [-0.4, -0.2) is 29.2 Å². The summed E-state index contributed by atoms with van der Waals surface area (Å²) in [7, 11) is 0. The van der Waals surface area contributed by atoms with E-state index in [0.717, 1.165) is 10.0 Å². The molecule has 1 aromatic heterocycles. The SMILES string of the molecule is Cc1cc(NCC(F)(F)CO)ncc1Br. The van der Waals surface area contributed by atoms with Gasteiger partial charge in [-0.25, -0.2) is 13.8 Å². The molecule has 1 rings (SSSR count). The van der Waals surface area contributed by atoms with Gasteiger partial charge >= 0.3 is 0 Å². The summed E-state index contributed by atoms with van der Waals surface area (Å²) < 4.78 is 26.2. The number of halogens is 3. The monoisotopic (exact) mass is 280 g/mol. The van der Waals surface area contributed by atoms with Gasteiger partial charge in [0.2, 0.25) is 0 Å². The van der Waals surface area contributed by atoms with E-state index in [9.17, 15) is 8.78 Å². The van der Waals surface area contributed by atoms with Crippen molar-refractivity contribution in [1.82, 2.24) is 4.98 Å². The highest BCUT2D eigenvalue weighted by molar-refractivity contribution is 9.10. The van der Waals surface area contributed by atoms with Gasteiger partial charge in [0.25, 0.3) is 5.92 Å². The van der Waals surface area contributed by atoms with E-state index in [1.165, 1.54) is 6.20 Å². The van der Waals surface area contributed by atoms with Crippen molar-refractivity contribution in [2.75, 3.05) is 18.5 Å². The topological polar surface area (TPSA) is 45.1 Å². The first-order valence-corrected chi connectivity index (χ1v) is 5.08. The van der Waals surface area contributed by atoms with Gasteiger partial charge in [0.05, 0.1) is 6.54 Å². The third-order valence-corrected chi connectivity index (χ3v) is 2.64. The van der Waals surface area contributed by atoms with E-state index in [1.54, 1.807) is 6.07 Å². The number of aliphatic hydroxyl groups is 1. The number of pyridine rings is 1. The summed E-state index contributed by atoms with van der Waals surface area (Å²) in [6, 6.07) is 1.65. The van der Waals surface area contributed by atoms with Gasteiger partial charge in [-0.1, -0.05) is 0 Å². The maximum Gasteiger partial charge on any atom is 0.287 e. The first-order chi connectivity index (χ1) is 6.94.